The Bertz CT molecular complexity index is 478. The van der Waals surface area contributed by atoms with E-state index in [-0.39, 0.29) is 0 Å². The summed E-state index contributed by atoms with van der Waals surface area (Å²) in [6.07, 6.45) is 3.43. The molecule has 0 spiro atoms. The second kappa shape index (κ2) is 4.13. The van der Waals surface area contributed by atoms with Crippen LogP contribution in [0.1, 0.15) is 19.4 Å². The first-order chi connectivity index (χ1) is 8.02. The largest absolute Gasteiger partial charge is 0.479 e. The average Bonchev–Trinajstić information content (AvgIpc) is 2.29. The van der Waals surface area contributed by atoms with E-state index in [2.05, 4.69) is 5.32 Å². The van der Waals surface area contributed by atoms with Gasteiger partial charge in [0, 0.05) is 12.6 Å². The molecule has 1 heterocycles. The van der Waals surface area contributed by atoms with Crippen molar-refractivity contribution in [3.63, 3.8) is 0 Å². The molecule has 2 rings (SSSR count). The summed E-state index contributed by atoms with van der Waals surface area (Å²) in [6.45, 7) is 3.90. The van der Waals surface area contributed by atoms with Crippen LogP contribution in [0.5, 0.6) is 11.5 Å². The minimum Gasteiger partial charge on any atom is -0.479 e. The van der Waals surface area contributed by atoms with Crippen molar-refractivity contribution in [3.05, 3.63) is 29.8 Å². The molecule has 1 amide bonds. The first kappa shape index (κ1) is 11.5. The summed E-state index contributed by atoms with van der Waals surface area (Å²) in [5, 5.41) is 2.41. The van der Waals surface area contributed by atoms with Crippen molar-refractivity contribution in [1.29, 1.82) is 0 Å². The van der Waals surface area contributed by atoms with E-state index in [1.165, 1.54) is 7.05 Å². The Morgan fingerprint density at radius 3 is 2.88 bits per heavy atom. The summed E-state index contributed by atoms with van der Waals surface area (Å²) in [6, 6.07) is 5.45. The number of nitrogens with one attached hydrogen (secondary N) is 1. The van der Waals surface area contributed by atoms with Gasteiger partial charge in [-0.2, -0.15) is 0 Å². The molecule has 1 aromatic rings. The van der Waals surface area contributed by atoms with E-state index < -0.39 is 11.7 Å². The SMILES string of the molecule is CNC(=O)Oc1cccc2c1OC(C)(C)C=C2. The molecule has 0 aliphatic carbocycles. The zero-order valence-corrected chi connectivity index (χ0v) is 10.1. The van der Waals surface area contributed by atoms with Crippen LogP contribution in [0.15, 0.2) is 24.3 Å². The molecular weight excluding hydrogens is 218 g/mol. The molecule has 0 atom stereocenters. The van der Waals surface area contributed by atoms with Crippen LogP contribution in [-0.2, 0) is 0 Å². The van der Waals surface area contributed by atoms with Gasteiger partial charge in [0.2, 0.25) is 0 Å². The van der Waals surface area contributed by atoms with Gasteiger partial charge in [0.05, 0.1) is 0 Å². The number of amides is 1. The van der Waals surface area contributed by atoms with Crippen LogP contribution in [-0.4, -0.2) is 18.7 Å². The predicted molar refractivity (Wildman–Crippen MR) is 65.3 cm³/mol. The summed E-state index contributed by atoms with van der Waals surface area (Å²) in [4.78, 5) is 11.2. The Morgan fingerprint density at radius 2 is 2.18 bits per heavy atom. The number of carbonyl (C=O) groups excluding carboxylic acids is 1. The van der Waals surface area contributed by atoms with Gasteiger partial charge in [-0.05, 0) is 26.0 Å². The van der Waals surface area contributed by atoms with E-state index in [1.54, 1.807) is 6.07 Å². The average molecular weight is 233 g/mol. The number of rotatable bonds is 1. The lowest BCUT2D eigenvalue weighted by atomic mass is 10.0. The lowest BCUT2D eigenvalue weighted by Crippen LogP contribution is -2.29. The van der Waals surface area contributed by atoms with E-state index in [4.69, 9.17) is 9.47 Å². The molecule has 0 saturated heterocycles. The molecule has 17 heavy (non-hydrogen) atoms. The monoisotopic (exact) mass is 233 g/mol. The number of ether oxygens (including phenoxy) is 2. The molecule has 0 unspecified atom stereocenters. The lowest BCUT2D eigenvalue weighted by Gasteiger charge is -2.28. The maximum atomic E-state index is 11.2. The van der Waals surface area contributed by atoms with Crippen LogP contribution in [0.3, 0.4) is 0 Å². The first-order valence-corrected chi connectivity index (χ1v) is 5.43. The van der Waals surface area contributed by atoms with Crippen molar-refractivity contribution in [2.75, 3.05) is 7.05 Å². The number of fused-ring (bicyclic) bond motifs is 1. The normalized spacial score (nSPS) is 15.7. The maximum Gasteiger partial charge on any atom is 0.412 e. The highest BCUT2D eigenvalue weighted by Gasteiger charge is 2.25. The van der Waals surface area contributed by atoms with Crippen LogP contribution >= 0.6 is 0 Å². The molecule has 90 valence electrons. The van der Waals surface area contributed by atoms with Crippen molar-refractivity contribution in [2.45, 2.75) is 19.4 Å². The number of benzene rings is 1. The molecule has 4 heteroatoms. The van der Waals surface area contributed by atoms with E-state index >= 15 is 0 Å². The third-order valence-corrected chi connectivity index (χ3v) is 2.45. The van der Waals surface area contributed by atoms with Crippen LogP contribution in [0.4, 0.5) is 4.79 Å². The fourth-order valence-electron chi connectivity index (χ4n) is 1.59. The Labute approximate surface area is 100 Å². The number of carbonyl (C=O) groups is 1. The Hall–Kier alpha value is -1.97. The van der Waals surface area contributed by atoms with Gasteiger partial charge in [-0.25, -0.2) is 4.79 Å². The summed E-state index contributed by atoms with van der Waals surface area (Å²) < 4.78 is 11.0. The minimum absolute atomic E-state index is 0.394. The van der Waals surface area contributed by atoms with Gasteiger partial charge in [0.1, 0.15) is 5.60 Å². The second-order valence-corrected chi connectivity index (χ2v) is 4.35. The number of hydrogen-bond acceptors (Lipinski definition) is 3. The first-order valence-electron chi connectivity index (χ1n) is 5.43. The molecular formula is C13H15NO3. The third-order valence-electron chi connectivity index (χ3n) is 2.45. The zero-order chi connectivity index (χ0) is 12.5. The molecule has 1 N–H and O–H groups in total. The molecule has 0 fully saturated rings. The Morgan fingerprint density at radius 1 is 1.41 bits per heavy atom. The van der Waals surface area contributed by atoms with Gasteiger partial charge in [0.25, 0.3) is 0 Å². The standard InChI is InChI=1S/C13H15NO3/c1-13(2)8-7-9-5-4-6-10(11(9)17-13)16-12(15)14-3/h4-8H,1-3H3,(H,14,15). The second-order valence-electron chi connectivity index (χ2n) is 4.35. The fourth-order valence-corrected chi connectivity index (χ4v) is 1.59. The summed E-state index contributed by atoms with van der Waals surface area (Å²) >= 11 is 0. The van der Waals surface area contributed by atoms with Crippen LogP contribution in [0.25, 0.3) is 6.08 Å². The van der Waals surface area contributed by atoms with Crippen LogP contribution in [0, 0.1) is 0 Å². The third kappa shape index (κ3) is 2.41. The van der Waals surface area contributed by atoms with Gasteiger partial charge < -0.3 is 14.8 Å². The van der Waals surface area contributed by atoms with Gasteiger partial charge >= 0.3 is 6.09 Å². The Kier molecular flexibility index (Phi) is 2.79. The van der Waals surface area contributed by atoms with Crippen molar-refractivity contribution in [3.8, 4) is 11.5 Å². The highest BCUT2D eigenvalue weighted by molar-refractivity contribution is 5.73. The fraction of sp³-hybridized carbons (Fsp3) is 0.308. The molecule has 1 aliphatic rings. The van der Waals surface area contributed by atoms with Gasteiger partial charge in [-0.3, -0.25) is 0 Å². The smallest absolute Gasteiger partial charge is 0.412 e. The van der Waals surface area contributed by atoms with Crippen molar-refractivity contribution >= 4 is 12.2 Å². The molecule has 0 aromatic heterocycles. The van der Waals surface area contributed by atoms with E-state index in [0.717, 1.165) is 5.56 Å². The van der Waals surface area contributed by atoms with Gasteiger partial charge in [0.15, 0.2) is 11.5 Å². The molecule has 0 radical (unpaired) electrons. The molecule has 4 nitrogen and oxygen atoms in total. The highest BCUT2D eigenvalue weighted by Crippen LogP contribution is 2.38. The summed E-state index contributed by atoms with van der Waals surface area (Å²) in [5.74, 6) is 1.03. The molecule has 0 saturated carbocycles. The Balaban J connectivity index is 2.37. The number of hydrogen-bond donors (Lipinski definition) is 1. The number of para-hydroxylation sites is 1. The molecule has 1 aromatic carbocycles. The van der Waals surface area contributed by atoms with Gasteiger partial charge in [-0.1, -0.05) is 18.2 Å². The quantitative estimate of drug-likeness (QED) is 0.811. The zero-order valence-electron chi connectivity index (χ0n) is 10.1. The minimum atomic E-state index is -0.505. The summed E-state index contributed by atoms with van der Waals surface area (Å²) in [5.41, 5.74) is 0.514. The lowest BCUT2D eigenvalue weighted by molar-refractivity contribution is 0.149. The van der Waals surface area contributed by atoms with E-state index in [1.807, 2.05) is 38.1 Å². The molecule has 0 bridgehead atoms. The van der Waals surface area contributed by atoms with Crippen LogP contribution < -0.4 is 14.8 Å². The van der Waals surface area contributed by atoms with E-state index in [9.17, 15) is 4.79 Å². The van der Waals surface area contributed by atoms with Gasteiger partial charge in [-0.15, -0.1) is 0 Å². The topological polar surface area (TPSA) is 47.6 Å². The van der Waals surface area contributed by atoms with Crippen molar-refractivity contribution < 1.29 is 14.3 Å². The van der Waals surface area contributed by atoms with Crippen LogP contribution in [0.2, 0.25) is 0 Å². The van der Waals surface area contributed by atoms with Crippen molar-refractivity contribution in [1.82, 2.24) is 5.32 Å². The van der Waals surface area contributed by atoms with Crippen molar-refractivity contribution in [2.24, 2.45) is 0 Å². The summed E-state index contributed by atoms with van der Waals surface area (Å²) in [7, 11) is 1.52. The van der Waals surface area contributed by atoms with E-state index in [0.29, 0.717) is 11.5 Å². The predicted octanol–water partition coefficient (Wildman–Crippen LogP) is 2.59. The maximum absolute atomic E-state index is 11.2. The molecule has 1 aliphatic heterocycles. The highest BCUT2D eigenvalue weighted by atomic mass is 16.6.